The van der Waals surface area contributed by atoms with Gasteiger partial charge in [0.2, 0.25) is 5.91 Å². The predicted octanol–water partition coefficient (Wildman–Crippen LogP) is 1.27. The van der Waals surface area contributed by atoms with Crippen LogP contribution in [-0.4, -0.2) is 36.7 Å². The van der Waals surface area contributed by atoms with E-state index in [0.29, 0.717) is 11.8 Å². The van der Waals surface area contributed by atoms with Gasteiger partial charge in [-0.1, -0.05) is 0 Å². The highest BCUT2D eigenvalue weighted by molar-refractivity contribution is 5.81. The Hall–Kier alpha value is -1.10. The van der Waals surface area contributed by atoms with Crippen LogP contribution in [-0.2, 0) is 14.3 Å². The van der Waals surface area contributed by atoms with Gasteiger partial charge in [-0.2, -0.15) is 0 Å². The third-order valence-electron chi connectivity index (χ3n) is 5.55. The number of nitrogens with one attached hydrogen (secondary N) is 1. The van der Waals surface area contributed by atoms with Crippen molar-refractivity contribution in [2.75, 3.05) is 13.7 Å². The maximum atomic E-state index is 12.4. The van der Waals surface area contributed by atoms with Crippen LogP contribution in [0.25, 0.3) is 0 Å². The first-order chi connectivity index (χ1) is 9.58. The Balaban J connectivity index is 1.59. The normalized spacial score (nSPS) is 39.5. The van der Waals surface area contributed by atoms with Gasteiger partial charge >= 0.3 is 5.97 Å². The fourth-order valence-corrected chi connectivity index (χ4v) is 4.94. The van der Waals surface area contributed by atoms with Crippen LogP contribution >= 0.6 is 0 Å². The summed E-state index contributed by atoms with van der Waals surface area (Å²) in [6.45, 7) is 0.0630. The summed E-state index contributed by atoms with van der Waals surface area (Å²) < 4.78 is 4.85. The summed E-state index contributed by atoms with van der Waals surface area (Å²) in [6, 6.07) is 0. The lowest BCUT2D eigenvalue weighted by atomic mass is 9.51. The number of carbonyl (C=O) groups is 2. The van der Waals surface area contributed by atoms with Crippen LogP contribution < -0.4 is 5.32 Å². The number of rotatable bonds is 5. The van der Waals surface area contributed by atoms with Crippen molar-refractivity contribution in [1.82, 2.24) is 5.32 Å². The number of ether oxygens (including phenoxy) is 1. The van der Waals surface area contributed by atoms with Gasteiger partial charge in [-0.05, 0) is 55.8 Å². The van der Waals surface area contributed by atoms with Gasteiger partial charge in [0, 0.05) is 13.0 Å². The minimum atomic E-state index is -1.03. The zero-order valence-electron chi connectivity index (χ0n) is 11.9. The lowest BCUT2D eigenvalue weighted by molar-refractivity contribution is -0.149. The average molecular weight is 281 g/mol. The maximum absolute atomic E-state index is 12.4. The fraction of sp³-hybridized carbons (Fsp3) is 0.867. The first-order valence-corrected chi connectivity index (χ1v) is 7.61. The van der Waals surface area contributed by atoms with Crippen LogP contribution in [0.5, 0.6) is 0 Å². The van der Waals surface area contributed by atoms with E-state index in [1.54, 1.807) is 0 Å². The van der Waals surface area contributed by atoms with Gasteiger partial charge in [-0.3, -0.25) is 4.79 Å². The highest BCUT2D eigenvalue weighted by Crippen LogP contribution is 2.56. The molecule has 5 nitrogen and oxygen atoms in total. The summed E-state index contributed by atoms with van der Waals surface area (Å²) in [4.78, 5) is 23.3. The van der Waals surface area contributed by atoms with Crippen molar-refractivity contribution in [3.8, 4) is 0 Å². The van der Waals surface area contributed by atoms with Gasteiger partial charge in [0.05, 0.1) is 6.54 Å². The molecular formula is C15H23NO4. The van der Waals surface area contributed by atoms with Crippen molar-refractivity contribution in [3.05, 3.63) is 0 Å². The van der Waals surface area contributed by atoms with E-state index < -0.39 is 12.1 Å². The van der Waals surface area contributed by atoms with Crippen LogP contribution in [0.2, 0.25) is 0 Å². The number of hydrogen-bond donors (Lipinski definition) is 2. The summed E-state index contributed by atoms with van der Waals surface area (Å²) in [5, 5.41) is 11.7. The molecule has 4 rings (SSSR count). The number of methoxy groups -OCH3 is 1. The van der Waals surface area contributed by atoms with Gasteiger partial charge in [-0.15, -0.1) is 0 Å². The molecule has 20 heavy (non-hydrogen) atoms. The number of carboxylic acid groups (broad SMARTS) is 1. The van der Waals surface area contributed by atoms with E-state index in [1.165, 1.54) is 39.2 Å². The fourth-order valence-electron chi connectivity index (χ4n) is 4.94. The molecule has 5 heteroatoms. The molecule has 4 aliphatic carbocycles. The second kappa shape index (κ2) is 5.35. The minimum Gasteiger partial charge on any atom is -0.479 e. The smallest absolute Gasteiger partial charge is 0.334 e. The van der Waals surface area contributed by atoms with Gasteiger partial charge in [0.25, 0.3) is 0 Å². The van der Waals surface area contributed by atoms with Crippen molar-refractivity contribution in [2.45, 2.75) is 38.2 Å². The highest BCUT2D eigenvalue weighted by atomic mass is 16.5. The van der Waals surface area contributed by atoms with Gasteiger partial charge in [0.1, 0.15) is 0 Å². The molecule has 1 unspecified atom stereocenters. The summed E-state index contributed by atoms with van der Waals surface area (Å²) in [5.41, 5.74) is 0. The first-order valence-electron chi connectivity index (χ1n) is 7.61. The maximum Gasteiger partial charge on any atom is 0.334 e. The summed E-state index contributed by atoms with van der Waals surface area (Å²) >= 11 is 0. The molecule has 0 heterocycles. The Morgan fingerprint density at radius 1 is 1.15 bits per heavy atom. The standard InChI is InChI=1S/C15H23NO4/c1-20-12(15(18)19)7-16-14(17)13-10-3-8-2-9(5-10)6-11(13)4-8/h8-13H,2-7H2,1H3,(H,16,17)(H,18,19). The van der Waals surface area contributed by atoms with E-state index in [-0.39, 0.29) is 18.4 Å². The zero-order chi connectivity index (χ0) is 14.3. The SMILES string of the molecule is COC(CNC(=O)C1C2CC3CC(C2)CC1C3)C(=O)O. The molecule has 1 atom stereocenters. The zero-order valence-corrected chi connectivity index (χ0v) is 11.9. The number of carboxylic acids is 1. The predicted molar refractivity (Wildman–Crippen MR) is 72.0 cm³/mol. The number of hydrogen-bond acceptors (Lipinski definition) is 3. The van der Waals surface area contributed by atoms with Crippen LogP contribution in [0.15, 0.2) is 0 Å². The minimum absolute atomic E-state index is 0.0436. The molecular weight excluding hydrogens is 258 g/mol. The van der Waals surface area contributed by atoms with Gasteiger partial charge in [-0.25, -0.2) is 4.79 Å². The van der Waals surface area contributed by atoms with Crippen LogP contribution in [0.1, 0.15) is 32.1 Å². The highest BCUT2D eigenvalue weighted by Gasteiger charge is 2.50. The average Bonchev–Trinajstić information content (AvgIpc) is 2.37. The van der Waals surface area contributed by atoms with E-state index in [9.17, 15) is 9.59 Å². The molecule has 4 bridgehead atoms. The van der Waals surface area contributed by atoms with E-state index in [2.05, 4.69) is 5.32 Å². The Kier molecular flexibility index (Phi) is 3.71. The Morgan fingerprint density at radius 3 is 2.15 bits per heavy atom. The summed E-state index contributed by atoms with van der Waals surface area (Å²) in [5.74, 6) is 1.85. The van der Waals surface area contributed by atoms with Crippen LogP contribution in [0, 0.1) is 29.6 Å². The molecule has 0 saturated heterocycles. The van der Waals surface area contributed by atoms with Gasteiger partial charge < -0.3 is 15.2 Å². The second-order valence-corrected chi connectivity index (χ2v) is 6.76. The molecule has 2 N–H and O–H groups in total. The molecule has 4 fully saturated rings. The molecule has 1 amide bonds. The van der Waals surface area contributed by atoms with E-state index in [1.807, 2.05) is 0 Å². The van der Waals surface area contributed by atoms with E-state index >= 15 is 0 Å². The second-order valence-electron chi connectivity index (χ2n) is 6.76. The van der Waals surface area contributed by atoms with E-state index in [4.69, 9.17) is 9.84 Å². The Morgan fingerprint density at radius 2 is 1.70 bits per heavy atom. The van der Waals surface area contributed by atoms with E-state index in [0.717, 1.165) is 11.8 Å². The number of carbonyl (C=O) groups excluding carboxylic acids is 1. The molecule has 0 aromatic heterocycles. The molecule has 0 spiro atoms. The molecule has 4 aliphatic rings. The van der Waals surface area contributed by atoms with Crippen molar-refractivity contribution in [1.29, 1.82) is 0 Å². The Bertz CT molecular complexity index is 381. The molecule has 4 saturated carbocycles. The molecule has 0 radical (unpaired) electrons. The van der Waals surface area contributed by atoms with Gasteiger partial charge in [0.15, 0.2) is 6.10 Å². The molecule has 0 aromatic carbocycles. The Labute approximate surface area is 119 Å². The number of amides is 1. The first kappa shape index (κ1) is 13.9. The molecule has 112 valence electrons. The van der Waals surface area contributed by atoms with Crippen LogP contribution in [0.4, 0.5) is 0 Å². The third-order valence-corrected chi connectivity index (χ3v) is 5.55. The summed E-state index contributed by atoms with van der Waals surface area (Å²) in [7, 11) is 1.35. The van der Waals surface area contributed by atoms with Crippen molar-refractivity contribution in [2.24, 2.45) is 29.6 Å². The lowest BCUT2D eigenvalue weighted by Crippen LogP contribution is -2.52. The molecule has 0 aromatic rings. The third kappa shape index (κ3) is 2.43. The van der Waals surface area contributed by atoms with Crippen molar-refractivity contribution in [3.63, 3.8) is 0 Å². The van der Waals surface area contributed by atoms with Crippen molar-refractivity contribution < 1.29 is 19.4 Å². The molecule has 0 aliphatic heterocycles. The summed E-state index contributed by atoms with van der Waals surface area (Å²) in [6.07, 6.45) is 5.19. The lowest BCUT2D eigenvalue weighted by Gasteiger charge is -2.53. The number of aliphatic carboxylic acids is 1. The van der Waals surface area contributed by atoms with Crippen LogP contribution in [0.3, 0.4) is 0 Å². The monoisotopic (exact) mass is 281 g/mol. The quantitative estimate of drug-likeness (QED) is 0.796. The largest absolute Gasteiger partial charge is 0.479 e. The van der Waals surface area contributed by atoms with Crippen molar-refractivity contribution >= 4 is 11.9 Å². The topological polar surface area (TPSA) is 75.6 Å².